The molecular formula is C23H24N2S. The molecule has 0 radical (unpaired) electrons. The largest absolute Gasteiger partial charge is 0.352 e. The summed E-state index contributed by atoms with van der Waals surface area (Å²) in [6.07, 6.45) is 5.67. The van der Waals surface area contributed by atoms with Gasteiger partial charge in [0.05, 0.1) is 6.04 Å². The highest BCUT2D eigenvalue weighted by Gasteiger charge is 2.30. The third-order valence-corrected chi connectivity index (χ3v) is 5.45. The van der Waals surface area contributed by atoms with Gasteiger partial charge in [0, 0.05) is 5.70 Å². The number of allylic oxidation sites excluding steroid dienone is 1. The smallest absolute Gasteiger partial charge is 0.171 e. The summed E-state index contributed by atoms with van der Waals surface area (Å²) in [5.41, 5.74) is 9.11. The fraction of sp³-hybridized carbons (Fsp3) is 0.261. The van der Waals surface area contributed by atoms with E-state index in [2.05, 4.69) is 79.1 Å². The minimum atomic E-state index is 0.168. The maximum Gasteiger partial charge on any atom is 0.171 e. The van der Waals surface area contributed by atoms with Crippen LogP contribution in [0.5, 0.6) is 0 Å². The number of rotatable bonds is 2. The SMILES string of the molecule is Cc1ccc(/C=C2\CCCC3=C2NC(=S)N[C@@H]3c2ccc(C)cc2)cc1. The van der Waals surface area contributed by atoms with Gasteiger partial charge in [0.1, 0.15) is 0 Å². The van der Waals surface area contributed by atoms with Crippen molar-refractivity contribution in [2.45, 2.75) is 39.2 Å². The van der Waals surface area contributed by atoms with Crippen LogP contribution in [0.4, 0.5) is 0 Å². The number of hydrogen-bond donors (Lipinski definition) is 2. The van der Waals surface area contributed by atoms with Crippen LogP contribution in [-0.2, 0) is 0 Å². The second kappa shape index (κ2) is 7.08. The normalized spacial score (nSPS) is 21.2. The molecule has 0 unspecified atom stereocenters. The molecule has 1 aliphatic carbocycles. The molecule has 0 aromatic heterocycles. The molecule has 2 nitrogen and oxygen atoms in total. The van der Waals surface area contributed by atoms with Crippen molar-refractivity contribution in [2.75, 3.05) is 0 Å². The summed E-state index contributed by atoms with van der Waals surface area (Å²) in [6.45, 7) is 4.25. The molecule has 0 fully saturated rings. The van der Waals surface area contributed by atoms with Gasteiger partial charge in [-0.2, -0.15) is 0 Å². The summed E-state index contributed by atoms with van der Waals surface area (Å²) < 4.78 is 0. The van der Waals surface area contributed by atoms with Gasteiger partial charge < -0.3 is 10.6 Å². The molecule has 1 heterocycles. The molecular weight excluding hydrogens is 336 g/mol. The minimum Gasteiger partial charge on any atom is -0.352 e. The first-order valence-electron chi connectivity index (χ1n) is 9.25. The van der Waals surface area contributed by atoms with Crippen molar-refractivity contribution < 1.29 is 0 Å². The van der Waals surface area contributed by atoms with Gasteiger partial charge in [0.15, 0.2) is 5.11 Å². The molecule has 0 saturated carbocycles. The van der Waals surface area contributed by atoms with E-state index in [4.69, 9.17) is 12.2 Å². The molecule has 4 rings (SSSR count). The van der Waals surface area contributed by atoms with Crippen LogP contribution in [0, 0.1) is 13.8 Å². The van der Waals surface area contributed by atoms with E-state index < -0.39 is 0 Å². The molecule has 1 aliphatic heterocycles. The van der Waals surface area contributed by atoms with Crippen molar-refractivity contribution in [1.82, 2.24) is 10.6 Å². The van der Waals surface area contributed by atoms with Crippen molar-refractivity contribution in [2.24, 2.45) is 0 Å². The van der Waals surface area contributed by atoms with E-state index in [1.165, 1.54) is 45.5 Å². The quantitative estimate of drug-likeness (QED) is 0.707. The Balaban J connectivity index is 1.75. The number of aryl methyl sites for hydroxylation is 2. The Labute approximate surface area is 161 Å². The zero-order valence-corrected chi connectivity index (χ0v) is 16.1. The van der Waals surface area contributed by atoms with Crippen LogP contribution in [0.3, 0.4) is 0 Å². The third kappa shape index (κ3) is 3.45. The van der Waals surface area contributed by atoms with Crippen LogP contribution in [0.15, 0.2) is 65.4 Å². The lowest BCUT2D eigenvalue weighted by molar-refractivity contribution is 0.609. The summed E-state index contributed by atoms with van der Waals surface area (Å²) >= 11 is 5.53. The predicted octanol–water partition coefficient (Wildman–Crippen LogP) is 5.34. The number of benzene rings is 2. The Hall–Kier alpha value is -2.39. The van der Waals surface area contributed by atoms with E-state index in [-0.39, 0.29) is 6.04 Å². The first kappa shape index (κ1) is 17.0. The Bertz CT molecular complexity index is 889. The molecule has 132 valence electrons. The van der Waals surface area contributed by atoms with Crippen molar-refractivity contribution >= 4 is 23.4 Å². The van der Waals surface area contributed by atoms with Crippen LogP contribution in [0.2, 0.25) is 0 Å². The van der Waals surface area contributed by atoms with Crippen LogP contribution >= 0.6 is 12.2 Å². The number of thiocarbonyl (C=S) groups is 1. The molecule has 3 heteroatoms. The topological polar surface area (TPSA) is 24.1 Å². The Morgan fingerprint density at radius 2 is 1.58 bits per heavy atom. The average Bonchev–Trinajstić information content (AvgIpc) is 2.64. The van der Waals surface area contributed by atoms with Gasteiger partial charge >= 0.3 is 0 Å². The first-order chi connectivity index (χ1) is 12.6. The first-order valence-corrected chi connectivity index (χ1v) is 9.66. The summed E-state index contributed by atoms with van der Waals surface area (Å²) in [5.74, 6) is 0. The highest BCUT2D eigenvalue weighted by molar-refractivity contribution is 7.80. The van der Waals surface area contributed by atoms with Crippen molar-refractivity contribution in [3.8, 4) is 0 Å². The Morgan fingerprint density at radius 1 is 0.923 bits per heavy atom. The Morgan fingerprint density at radius 3 is 2.27 bits per heavy atom. The average molecular weight is 361 g/mol. The lowest BCUT2D eigenvalue weighted by Crippen LogP contribution is -2.45. The van der Waals surface area contributed by atoms with Gasteiger partial charge in [0.2, 0.25) is 0 Å². The van der Waals surface area contributed by atoms with Gasteiger partial charge in [-0.3, -0.25) is 0 Å². The van der Waals surface area contributed by atoms with Crippen LogP contribution in [0.25, 0.3) is 6.08 Å². The predicted molar refractivity (Wildman–Crippen MR) is 113 cm³/mol. The van der Waals surface area contributed by atoms with Crippen molar-refractivity contribution in [3.63, 3.8) is 0 Å². The molecule has 1 atom stereocenters. The van der Waals surface area contributed by atoms with E-state index in [1.54, 1.807) is 0 Å². The van der Waals surface area contributed by atoms with Gasteiger partial charge in [0.25, 0.3) is 0 Å². The van der Waals surface area contributed by atoms with Crippen molar-refractivity contribution in [1.29, 1.82) is 0 Å². The van der Waals surface area contributed by atoms with E-state index >= 15 is 0 Å². The molecule has 0 bridgehead atoms. The van der Waals surface area contributed by atoms with Gasteiger partial charge in [-0.1, -0.05) is 59.7 Å². The number of nitrogens with one attached hydrogen (secondary N) is 2. The monoisotopic (exact) mass is 360 g/mol. The highest BCUT2D eigenvalue weighted by Crippen LogP contribution is 2.38. The zero-order valence-electron chi connectivity index (χ0n) is 15.3. The molecule has 2 aromatic rings. The van der Waals surface area contributed by atoms with E-state index in [9.17, 15) is 0 Å². The highest BCUT2D eigenvalue weighted by atomic mass is 32.1. The van der Waals surface area contributed by atoms with E-state index in [1.807, 2.05) is 0 Å². The molecule has 0 spiro atoms. The molecule has 0 saturated heterocycles. The summed E-state index contributed by atoms with van der Waals surface area (Å²) in [6, 6.07) is 17.7. The minimum absolute atomic E-state index is 0.168. The van der Waals surface area contributed by atoms with Crippen molar-refractivity contribution in [3.05, 3.63) is 87.6 Å². The van der Waals surface area contributed by atoms with E-state index in [0.717, 1.165) is 12.8 Å². The van der Waals surface area contributed by atoms with Gasteiger partial charge in [-0.25, -0.2) is 0 Å². The van der Waals surface area contributed by atoms with E-state index in [0.29, 0.717) is 5.11 Å². The lowest BCUT2D eigenvalue weighted by Gasteiger charge is -2.36. The fourth-order valence-electron chi connectivity index (χ4n) is 3.79. The van der Waals surface area contributed by atoms with Gasteiger partial charge in [-0.05, 0) is 73.7 Å². The lowest BCUT2D eigenvalue weighted by atomic mass is 9.83. The van der Waals surface area contributed by atoms with Gasteiger partial charge in [-0.15, -0.1) is 0 Å². The summed E-state index contributed by atoms with van der Waals surface area (Å²) in [5, 5.41) is 7.64. The summed E-state index contributed by atoms with van der Waals surface area (Å²) in [7, 11) is 0. The number of hydrogen-bond acceptors (Lipinski definition) is 1. The standard InChI is InChI=1S/C23H24N2S/c1-15-6-10-17(11-7-15)14-19-4-3-5-20-21(24-23(26)25-22(19)20)18-12-8-16(2)9-13-18/h6-14,21H,3-5H2,1-2H3,(H2,24,25,26)/b19-14+/t21-/m1/s1. The molecule has 2 aliphatic rings. The Kier molecular flexibility index (Phi) is 4.64. The second-order valence-corrected chi connectivity index (χ2v) is 7.68. The van der Waals surface area contributed by atoms with Crippen LogP contribution < -0.4 is 10.6 Å². The second-order valence-electron chi connectivity index (χ2n) is 7.28. The van der Waals surface area contributed by atoms with Crippen LogP contribution in [0.1, 0.15) is 47.6 Å². The fourth-order valence-corrected chi connectivity index (χ4v) is 4.01. The summed E-state index contributed by atoms with van der Waals surface area (Å²) in [4.78, 5) is 0. The molecule has 26 heavy (non-hydrogen) atoms. The maximum absolute atomic E-state index is 5.53. The molecule has 0 amide bonds. The van der Waals surface area contributed by atoms with Crippen LogP contribution in [-0.4, -0.2) is 5.11 Å². The maximum atomic E-state index is 5.53. The third-order valence-electron chi connectivity index (χ3n) is 5.23. The molecule has 2 aromatic carbocycles. The zero-order chi connectivity index (χ0) is 18.1. The molecule has 2 N–H and O–H groups in total.